The van der Waals surface area contributed by atoms with Crippen LogP contribution in [0.15, 0.2) is 22.7 Å². The second-order valence-electron chi connectivity index (χ2n) is 4.84. The summed E-state index contributed by atoms with van der Waals surface area (Å²) in [7, 11) is 0. The summed E-state index contributed by atoms with van der Waals surface area (Å²) in [5.74, 6) is 5.70. The van der Waals surface area contributed by atoms with E-state index in [4.69, 9.17) is 5.84 Å². The van der Waals surface area contributed by atoms with Gasteiger partial charge in [0.05, 0.1) is 16.6 Å². The SMILES string of the molecule is CC(C)c1nnsc1C(Cc1ccc(F)cc1Br)NN. The highest BCUT2D eigenvalue weighted by atomic mass is 79.9. The zero-order valence-electron chi connectivity index (χ0n) is 11.2. The predicted molar refractivity (Wildman–Crippen MR) is 81.9 cm³/mol. The lowest BCUT2D eigenvalue weighted by atomic mass is 10.0. The minimum absolute atomic E-state index is 0.0887. The van der Waals surface area contributed by atoms with Gasteiger partial charge in [0.25, 0.3) is 0 Å². The smallest absolute Gasteiger partial charge is 0.124 e. The third kappa shape index (κ3) is 3.41. The van der Waals surface area contributed by atoms with Crippen LogP contribution in [0.25, 0.3) is 0 Å². The van der Waals surface area contributed by atoms with Crippen molar-refractivity contribution in [3.05, 3.63) is 44.6 Å². The first kappa shape index (κ1) is 15.5. The second-order valence-corrected chi connectivity index (χ2v) is 6.48. The van der Waals surface area contributed by atoms with Gasteiger partial charge in [-0.25, -0.2) is 4.39 Å². The fourth-order valence-corrected chi connectivity index (χ4v) is 3.36. The van der Waals surface area contributed by atoms with Gasteiger partial charge in [0.1, 0.15) is 5.82 Å². The molecule has 4 nitrogen and oxygen atoms in total. The maximum Gasteiger partial charge on any atom is 0.124 e. The molecule has 1 unspecified atom stereocenters. The fourth-order valence-electron chi connectivity index (χ4n) is 1.98. The summed E-state index contributed by atoms with van der Waals surface area (Å²) >= 11 is 4.72. The van der Waals surface area contributed by atoms with Crippen molar-refractivity contribution in [1.29, 1.82) is 0 Å². The van der Waals surface area contributed by atoms with E-state index in [0.29, 0.717) is 6.42 Å². The van der Waals surface area contributed by atoms with Crippen molar-refractivity contribution in [2.75, 3.05) is 0 Å². The molecular formula is C13H16BrFN4S. The van der Waals surface area contributed by atoms with Crippen LogP contribution in [0.3, 0.4) is 0 Å². The van der Waals surface area contributed by atoms with Crippen molar-refractivity contribution in [3.8, 4) is 0 Å². The summed E-state index contributed by atoms with van der Waals surface area (Å²) in [6.45, 7) is 4.14. The summed E-state index contributed by atoms with van der Waals surface area (Å²) in [5, 5.41) is 4.16. The van der Waals surface area contributed by atoms with Crippen LogP contribution in [-0.2, 0) is 6.42 Å². The summed E-state index contributed by atoms with van der Waals surface area (Å²) in [6, 6.07) is 4.57. The molecule has 0 aliphatic rings. The lowest BCUT2D eigenvalue weighted by Crippen LogP contribution is -2.30. The molecule has 0 saturated carbocycles. The number of hydrogen-bond acceptors (Lipinski definition) is 5. The van der Waals surface area contributed by atoms with Crippen molar-refractivity contribution in [1.82, 2.24) is 15.0 Å². The minimum atomic E-state index is -0.264. The van der Waals surface area contributed by atoms with Crippen LogP contribution in [0.5, 0.6) is 0 Å². The first-order valence-electron chi connectivity index (χ1n) is 6.25. The van der Waals surface area contributed by atoms with Crippen LogP contribution < -0.4 is 11.3 Å². The molecular weight excluding hydrogens is 343 g/mol. The molecule has 7 heteroatoms. The van der Waals surface area contributed by atoms with Crippen molar-refractivity contribution < 1.29 is 4.39 Å². The highest BCUT2D eigenvalue weighted by molar-refractivity contribution is 9.10. The Balaban J connectivity index is 2.26. The van der Waals surface area contributed by atoms with Crippen molar-refractivity contribution in [2.24, 2.45) is 5.84 Å². The largest absolute Gasteiger partial charge is 0.271 e. The molecule has 1 aromatic carbocycles. The van der Waals surface area contributed by atoms with Crippen molar-refractivity contribution in [2.45, 2.75) is 32.2 Å². The molecule has 1 heterocycles. The first-order chi connectivity index (χ1) is 9.52. The third-order valence-corrected chi connectivity index (χ3v) is 4.64. The Kier molecular flexibility index (Phi) is 5.20. The Morgan fingerprint density at radius 3 is 2.80 bits per heavy atom. The molecule has 1 atom stereocenters. The van der Waals surface area contributed by atoms with Crippen molar-refractivity contribution >= 4 is 27.5 Å². The summed E-state index contributed by atoms with van der Waals surface area (Å²) in [4.78, 5) is 1.03. The molecule has 0 fully saturated rings. The van der Waals surface area contributed by atoms with E-state index in [1.54, 1.807) is 6.07 Å². The van der Waals surface area contributed by atoms with Crippen LogP contribution in [0.2, 0.25) is 0 Å². The molecule has 0 saturated heterocycles. The number of nitrogens with zero attached hydrogens (tertiary/aromatic N) is 2. The van der Waals surface area contributed by atoms with Crippen LogP contribution >= 0.6 is 27.5 Å². The molecule has 0 aliphatic carbocycles. The Hall–Kier alpha value is -0.890. The summed E-state index contributed by atoms with van der Waals surface area (Å²) < 4.78 is 17.9. The summed E-state index contributed by atoms with van der Waals surface area (Å²) in [6.07, 6.45) is 0.640. The molecule has 20 heavy (non-hydrogen) atoms. The second kappa shape index (κ2) is 6.71. The average Bonchev–Trinajstić information content (AvgIpc) is 2.87. The summed E-state index contributed by atoms with van der Waals surface area (Å²) in [5.41, 5.74) is 4.74. The molecule has 0 amide bonds. The molecule has 0 bridgehead atoms. The van der Waals surface area contributed by atoms with E-state index in [0.717, 1.165) is 20.6 Å². The molecule has 2 aromatic rings. The van der Waals surface area contributed by atoms with Crippen LogP contribution in [-0.4, -0.2) is 9.59 Å². The van der Waals surface area contributed by atoms with Crippen LogP contribution in [0, 0.1) is 5.82 Å². The fraction of sp³-hybridized carbons (Fsp3) is 0.385. The van der Waals surface area contributed by atoms with Gasteiger partial charge in [0, 0.05) is 4.47 Å². The molecule has 1 aromatic heterocycles. The average molecular weight is 359 g/mol. The Morgan fingerprint density at radius 2 is 2.20 bits per heavy atom. The number of rotatable bonds is 5. The monoisotopic (exact) mass is 358 g/mol. The number of nitrogens with one attached hydrogen (secondary N) is 1. The van der Waals surface area contributed by atoms with Crippen LogP contribution in [0.1, 0.15) is 41.9 Å². The van der Waals surface area contributed by atoms with Gasteiger partial charge in [-0.05, 0) is 41.6 Å². The Bertz CT molecular complexity index is 588. The van der Waals surface area contributed by atoms with E-state index in [2.05, 4.69) is 44.8 Å². The minimum Gasteiger partial charge on any atom is -0.271 e. The zero-order chi connectivity index (χ0) is 14.7. The standard InChI is InChI=1S/C13H16BrFN4S/c1-7(2)12-13(20-19-18-12)11(17-16)5-8-3-4-9(15)6-10(8)14/h3-4,6-7,11,17H,5,16H2,1-2H3. The van der Waals surface area contributed by atoms with Gasteiger partial charge in [-0.15, -0.1) is 5.10 Å². The highest BCUT2D eigenvalue weighted by Crippen LogP contribution is 2.30. The number of benzene rings is 1. The molecule has 108 valence electrons. The van der Waals surface area contributed by atoms with Gasteiger partial charge in [-0.1, -0.05) is 40.3 Å². The Morgan fingerprint density at radius 1 is 1.45 bits per heavy atom. The zero-order valence-corrected chi connectivity index (χ0v) is 13.6. The van der Waals surface area contributed by atoms with E-state index in [-0.39, 0.29) is 17.8 Å². The highest BCUT2D eigenvalue weighted by Gasteiger charge is 2.21. The predicted octanol–water partition coefficient (Wildman–Crippen LogP) is 3.31. The topological polar surface area (TPSA) is 63.8 Å². The van der Waals surface area contributed by atoms with Gasteiger partial charge < -0.3 is 0 Å². The molecule has 0 spiro atoms. The number of aromatic nitrogens is 2. The van der Waals surface area contributed by atoms with E-state index in [1.807, 2.05) is 0 Å². The maximum atomic E-state index is 13.1. The number of hydrazine groups is 1. The van der Waals surface area contributed by atoms with Crippen LogP contribution in [0.4, 0.5) is 4.39 Å². The van der Waals surface area contributed by atoms with E-state index >= 15 is 0 Å². The normalized spacial score (nSPS) is 12.9. The van der Waals surface area contributed by atoms with E-state index < -0.39 is 0 Å². The quantitative estimate of drug-likeness (QED) is 0.635. The van der Waals surface area contributed by atoms with E-state index in [1.165, 1.54) is 23.7 Å². The van der Waals surface area contributed by atoms with Gasteiger partial charge in [0.15, 0.2) is 0 Å². The molecule has 0 aliphatic heterocycles. The van der Waals surface area contributed by atoms with E-state index in [9.17, 15) is 4.39 Å². The number of halogens is 2. The number of hydrogen-bond donors (Lipinski definition) is 2. The molecule has 3 N–H and O–H groups in total. The molecule has 0 radical (unpaired) electrons. The number of nitrogens with two attached hydrogens (primary N) is 1. The third-order valence-electron chi connectivity index (χ3n) is 3.04. The first-order valence-corrected chi connectivity index (χ1v) is 7.81. The van der Waals surface area contributed by atoms with Gasteiger partial charge >= 0.3 is 0 Å². The lowest BCUT2D eigenvalue weighted by molar-refractivity contribution is 0.549. The lowest BCUT2D eigenvalue weighted by Gasteiger charge is -2.17. The van der Waals surface area contributed by atoms with Gasteiger partial charge in [-0.2, -0.15) is 0 Å². The maximum absolute atomic E-state index is 13.1. The molecule has 2 rings (SSSR count). The van der Waals surface area contributed by atoms with Gasteiger partial charge in [-0.3, -0.25) is 11.3 Å². The van der Waals surface area contributed by atoms with Crippen molar-refractivity contribution in [3.63, 3.8) is 0 Å². The Labute approximate surface area is 129 Å². The van der Waals surface area contributed by atoms with Gasteiger partial charge in [0.2, 0.25) is 0 Å².